The number of carbonyl (C=O) groups is 3. The molecule has 35 heavy (non-hydrogen) atoms. The van der Waals surface area contributed by atoms with E-state index in [4.69, 9.17) is 9.47 Å². The maximum absolute atomic E-state index is 12.6. The SMILES string of the molecule is CC(C)(CCC(=O)NC1COCC1(C)C(=O)O)NC(=O)OCC1c2ccccc2-c2ccccc21. The summed E-state index contributed by atoms with van der Waals surface area (Å²) in [7, 11) is 0. The van der Waals surface area contributed by atoms with E-state index in [1.54, 1.807) is 6.92 Å². The molecule has 0 saturated carbocycles. The number of rotatable bonds is 8. The molecule has 1 aliphatic carbocycles. The van der Waals surface area contributed by atoms with Crippen LogP contribution in [0, 0.1) is 5.41 Å². The zero-order chi connectivity index (χ0) is 25.2. The number of fused-ring (bicyclic) bond motifs is 3. The first-order chi connectivity index (χ1) is 16.6. The average molecular weight is 481 g/mol. The lowest BCUT2D eigenvalue weighted by Gasteiger charge is -2.28. The van der Waals surface area contributed by atoms with Crippen LogP contribution in [0.15, 0.2) is 48.5 Å². The van der Waals surface area contributed by atoms with Crippen molar-refractivity contribution in [3.63, 3.8) is 0 Å². The van der Waals surface area contributed by atoms with Gasteiger partial charge < -0.3 is 25.2 Å². The third kappa shape index (κ3) is 5.17. The number of hydrogen-bond donors (Lipinski definition) is 3. The topological polar surface area (TPSA) is 114 Å². The number of carboxylic acids is 1. The van der Waals surface area contributed by atoms with Crippen LogP contribution in [0.2, 0.25) is 0 Å². The van der Waals surface area contributed by atoms with Crippen LogP contribution in [0.3, 0.4) is 0 Å². The first kappa shape index (κ1) is 24.7. The Hall–Kier alpha value is -3.39. The first-order valence-corrected chi connectivity index (χ1v) is 11.8. The summed E-state index contributed by atoms with van der Waals surface area (Å²) in [6, 6.07) is 15.7. The third-order valence-electron chi connectivity index (χ3n) is 7.04. The van der Waals surface area contributed by atoms with E-state index in [1.165, 1.54) is 0 Å². The molecule has 2 amide bonds. The summed E-state index contributed by atoms with van der Waals surface area (Å²) >= 11 is 0. The Labute approximate surface area is 205 Å². The molecule has 0 radical (unpaired) electrons. The van der Waals surface area contributed by atoms with Crippen LogP contribution in [0.25, 0.3) is 11.1 Å². The zero-order valence-electron chi connectivity index (χ0n) is 20.3. The molecule has 0 bridgehead atoms. The van der Waals surface area contributed by atoms with Crippen molar-refractivity contribution in [1.29, 1.82) is 0 Å². The molecule has 1 saturated heterocycles. The van der Waals surface area contributed by atoms with Gasteiger partial charge in [-0.15, -0.1) is 0 Å². The highest BCUT2D eigenvalue weighted by molar-refractivity contribution is 5.81. The van der Waals surface area contributed by atoms with Gasteiger partial charge in [0.2, 0.25) is 5.91 Å². The Morgan fingerprint density at radius 3 is 2.29 bits per heavy atom. The Morgan fingerprint density at radius 2 is 1.69 bits per heavy atom. The monoisotopic (exact) mass is 480 g/mol. The molecule has 2 aliphatic rings. The molecule has 1 heterocycles. The molecule has 1 fully saturated rings. The first-order valence-electron chi connectivity index (χ1n) is 11.8. The van der Waals surface area contributed by atoms with Crippen LogP contribution in [0.5, 0.6) is 0 Å². The van der Waals surface area contributed by atoms with Crippen molar-refractivity contribution in [2.24, 2.45) is 5.41 Å². The van der Waals surface area contributed by atoms with E-state index in [9.17, 15) is 19.5 Å². The Kier molecular flexibility index (Phi) is 6.85. The second-order valence-electron chi connectivity index (χ2n) is 10.2. The number of ether oxygens (including phenoxy) is 2. The number of nitrogens with one attached hydrogen (secondary N) is 2. The molecule has 8 nitrogen and oxygen atoms in total. The minimum atomic E-state index is -1.15. The van der Waals surface area contributed by atoms with E-state index in [0.29, 0.717) is 6.42 Å². The largest absolute Gasteiger partial charge is 0.481 e. The lowest BCUT2D eigenvalue weighted by atomic mass is 9.85. The highest BCUT2D eigenvalue weighted by Crippen LogP contribution is 2.44. The molecule has 0 spiro atoms. The standard InChI is InChI=1S/C27H32N2O6/c1-26(2,13-12-23(30)28-22-15-34-16-27(22,3)24(31)32)29-25(33)35-14-21-19-10-6-4-8-17(19)18-9-5-7-11-20(18)21/h4-11,21-22H,12-16H2,1-3H3,(H,28,30)(H,29,33)(H,31,32). The van der Waals surface area contributed by atoms with Crippen molar-refractivity contribution in [2.75, 3.05) is 19.8 Å². The van der Waals surface area contributed by atoms with Crippen LogP contribution < -0.4 is 10.6 Å². The van der Waals surface area contributed by atoms with Crippen molar-refractivity contribution in [3.05, 3.63) is 59.7 Å². The molecule has 2 aromatic carbocycles. The fourth-order valence-electron chi connectivity index (χ4n) is 4.75. The highest BCUT2D eigenvalue weighted by atomic mass is 16.5. The highest BCUT2D eigenvalue weighted by Gasteiger charge is 2.47. The van der Waals surface area contributed by atoms with Gasteiger partial charge in [-0.05, 0) is 49.4 Å². The fourth-order valence-corrected chi connectivity index (χ4v) is 4.75. The van der Waals surface area contributed by atoms with Crippen molar-refractivity contribution in [3.8, 4) is 11.1 Å². The van der Waals surface area contributed by atoms with Crippen molar-refractivity contribution >= 4 is 18.0 Å². The summed E-state index contributed by atoms with van der Waals surface area (Å²) in [5.41, 5.74) is 2.76. The molecule has 2 atom stereocenters. The van der Waals surface area contributed by atoms with Crippen LogP contribution >= 0.6 is 0 Å². The number of benzene rings is 2. The Balaban J connectivity index is 1.28. The van der Waals surface area contributed by atoms with Gasteiger partial charge in [-0.1, -0.05) is 48.5 Å². The second kappa shape index (κ2) is 9.70. The zero-order valence-corrected chi connectivity index (χ0v) is 20.3. The lowest BCUT2D eigenvalue weighted by Crippen LogP contribution is -2.50. The van der Waals surface area contributed by atoms with Crippen LogP contribution in [-0.2, 0) is 19.1 Å². The molecule has 1 aliphatic heterocycles. The quantitative estimate of drug-likeness (QED) is 0.531. The normalized spacial score (nSPS) is 21.2. The number of carboxylic acid groups (broad SMARTS) is 1. The van der Waals surface area contributed by atoms with E-state index >= 15 is 0 Å². The van der Waals surface area contributed by atoms with E-state index in [0.717, 1.165) is 22.3 Å². The van der Waals surface area contributed by atoms with Crippen LogP contribution in [0.1, 0.15) is 50.7 Å². The molecule has 3 N–H and O–H groups in total. The number of carbonyl (C=O) groups excluding carboxylic acids is 2. The Bertz CT molecular complexity index is 1080. The maximum atomic E-state index is 12.6. The summed E-state index contributed by atoms with van der Waals surface area (Å²) < 4.78 is 10.9. The van der Waals surface area contributed by atoms with Gasteiger partial charge in [-0.2, -0.15) is 0 Å². The maximum Gasteiger partial charge on any atom is 0.407 e. The van der Waals surface area contributed by atoms with Gasteiger partial charge in [-0.3, -0.25) is 9.59 Å². The lowest BCUT2D eigenvalue weighted by molar-refractivity contribution is -0.149. The Morgan fingerprint density at radius 1 is 1.09 bits per heavy atom. The van der Waals surface area contributed by atoms with Gasteiger partial charge in [0, 0.05) is 17.9 Å². The van der Waals surface area contributed by atoms with Crippen LogP contribution in [-0.4, -0.2) is 54.5 Å². The second-order valence-corrected chi connectivity index (χ2v) is 10.2. The van der Waals surface area contributed by atoms with E-state index < -0.39 is 29.1 Å². The molecule has 186 valence electrons. The molecular weight excluding hydrogens is 448 g/mol. The average Bonchev–Trinajstić information content (AvgIpc) is 3.35. The number of amides is 2. The summed E-state index contributed by atoms with van der Waals surface area (Å²) in [5.74, 6) is -1.31. The van der Waals surface area contributed by atoms with Gasteiger partial charge in [0.05, 0.1) is 19.3 Å². The molecule has 0 aromatic heterocycles. The van der Waals surface area contributed by atoms with E-state index in [2.05, 4.69) is 34.9 Å². The number of hydrogen-bond acceptors (Lipinski definition) is 5. The fraction of sp³-hybridized carbons (Fsp3) is 0.444. The molecule has 2 aromatic rings. The molecule has 8 heteroatoms. The van der Waals surface area contributed by atoms with Crippen LogP contribution in [0.4, 0.5) is 4.79 Å². The predicted molar refractivity (Wildman–Crippen MR) is 130 cm³/mol. The van der Waals surface area contributed by atoms with Crippen molar-refractivity contribution in [2.45, 2.75) is 51.1 Å². The van der Waals surface area contributed by atoms with Crippen molar-refractivity contribution < 1.29 is 29.0 Å². The molecule has 4 rings (SSSR count). The van der Waals surface area contributed by atoms with Gasteiger partial charge in [0.25, 0.3) is 0 Å². The minimum absolute atomic E-state index is 0.0285. The minimum Gasteiger partial charge on any atom is -0.481 e. The van der Waals surface area contributed by atoms with Crippen molar-refractivity contribution in [1.82, 2.24) is 10.6 Å². The summed E-state index contributed by atoms with van der Waals surface area (Å²) in [6.07, 6.45) is -0.0524. The van der Waals surface area contributed by atoms with Gasteiger partial charge in [0.1, 0.15) is 12.0 Å². The van der Waals surface area contributed by atoms with E-state index in [-0.39, 0.29) is 38.1 Å². The summed E-state index contributed by atoms with van der Waals surface area (Å²) in [5, 5.41) is 15.1. The molecule has 2 unspecified atom stereocenters. The third-order valence-corrected chi connectivity index (χ3v) is 7.04. The van der Waals surface area contributed by atoms with Gasteiger partial charge in [-0.25, -0.2) is 4.79 Å². The molecular formula is C27H32N2O6. The smallest absolute Gasteiger partial charge is 0.407 e. The number of alkyl carbamates (subject to hydrolysis) is 1. The summed E-state index contributed by atoms with van der Waals surface area (Å²) in [4.78, 5) is 36.6. The summed E-state index contributed by atoms with van der Waals surface area (Å²) in [6.45, 7) is 5.64. The van der Waals surface area contributed by atoms with E-state index in [1.807, 2.05) is 38.1 Å². The number of aliphatic carboxylic acids is 1. The van der Waals surface area contributed by atoms with Gasteiger partial charge >= 0.3 is 12.1 Å². The predicted octanol–water partition coefficient (Wildman–Crippen LogP) is 3.69. The van der Waals surface area contributed by atoms with Gasteiger partial charge in [0.15, 0.2) is 0 Å².